The number of hydrogen-bond donors (Lipinski definition) is 1. The number of carbonyl (C=O) groups is 2. The molecule has 4 rings (SSSR count). The summed E-state index contributed by atoms with van der Waals surface area (Å²) < 4.78 is 10.9. The van der Waals surface area contributed by atoms with Gasteiger partial charge < -0.3 is 19.5 Å². The first kappa shape index (κ1) is 25.0. The van der Waals surface area contributed by atoms with Gasteiger partial charge in [-0.05, 0) is 58.5 Å². The average Bonchev–Trinajstić information content (AvgIpc) is 3.13. The van der Waals surface area contributed by atoms with Crippen LogP contribution in [0.3, 0.4) is 0 Å². The molecule has 0 spiro atoms. The Morgan fingerprint density at radius 2 is 1.72 bits per heavy atom. The Bertz CT molecular complexity index is 1320. The number of aliphatic hydroxyl groups is 1. The molecule has 0 saturated carbocycles. The topological polar surface area (TPSA) is 89.0 Å². The summed E-state index contributed by atoms with van der Waals surface area (Å²) in [5.41, 5.74) is 2.57. The summed E-state index contributed by atoms with van der Waals surface area (Å²) in [6, 6.07) is 15.4. The lowest BCUT2D eigenvalue weighted by Gasteiger charge is -2.26. The molecule has 36 heavy (non-hydrogen) atoms. The molecule has 1 amide bonds. The summed E-state index contributed by atoms with van der Waals surface area (Å²) in [4.78, 5) is 32.3. The third-order valence-electron chi connectivity index (χ3n) is 6.37. The van der Waals surface area contributed by atoms with Gasteiger partial charge in [0, 0.05) is 18.9 Å². The lowest BCUT2D eigenvalue weighted by molar-refractivity contribution is -0.140. The minimum absolute atomic E-state index is 0.00617. The Kier molecular flexibility index (Phi) is 6.84. The van der Waals surface area contributed by atoms with Crippen molar-refractivity contribution in [2.24, 2.45) is 0 Å². The van der Waals surface area contributed by atoms with Crippen LogP contribution in [0.2, 0.25) is 0 Å². The Morgan fingerprint density at radius 3 is 2.36 bits per heavy atom. The quantitative estimate of drug-likeness (QED) is 0.299. The van der Waals surface area contributed by atoms with Crippen molar-refractivity contribution in [2.75, 3.05) is 14.2 Å². The van der Waals surface area contributed by atoms with Gasteiger partial charge in [0.2, 0.25) is 0 Å². The predicted molar refractivity (Wildman–Crippen MR) is 137 cm³/mol. The van der Waals surface area contributed by atoms with E-state index in [0.717, 1.165) is 11.1 Å². The number of likely N-dealkylation sites (tertiary alicyclic amines) is 1. The number of aliphatic hydroxyl groups excluding tert-OH is 1. The average molecular weight is 487 g/mol. The largest absolute Gasteiger partial charge is 0.507 e. The van der Waals surface area contributed by atoms with E-state index in [-0.39, 0.29) is 23.3 Å². The third-order valence-corrected chi connectivity index (χ3v) is 6.37. The minimum Gasteiger partial charge on any atom is -0.507 e. The van der Waals surface area contributed by atoms with E-state index >= 15 is 0 Å². The highest BCUT2D eigenvalue weighted by molar-refractivity contribution is 6.46. The smallest absolute Gasteiger partial charge is 0.295 e. The standard InChI is InChI=1S/C29H30N2O5/c1-29(2,3)20-9-10-23(36-5)22(16-20)26(32)24-25(19-7-6-8-21(15-19)35-4)31(28(34)27(24)33)17-18-11-13-30-14-12-18/h6-16,25,32H,17H2,1-5H3/b26-24+. The van der Waals surface area contributed by atoms with Crippen LogP contribution < -0.4 is 9.47 Å². The molecule has 1 aliphatic heterocycles. The van der Waals surface area contributed by atoms with E-state index in [0.29, 0.717) is 22.6 Å². The van der Waals surface area contributed by atoms with Gasteiger partial charge in [-0.3, -0.25) is 14.6 Å². The predicted octanol–water partition coefficient (Wildman–Crippen LogP) is 5.02. The van der Waals surface area contributed by atoms with Gasteiger partial charge in [0.15, 0.2) is 0 Å². The van der Waals surface area contributed by atoms with Crippen molar-refractivity contribution in [1.29, 1.82) is 0 Å². The molecule has 0 aliphatic carbocycles. The summed E-state index contributed by atoms with van der Waals surface area (Å²) in [7, 11) is 3.06. The van der Waals surface area contributed by atoms with E-state index in [1.807, 2.05) is 18.2 Å². The number of rotatable bonds is 6. The van der Waals surface area contributed by atoms with Crippen molar-refractivity contribution in [3.05, 3.63) is 94.8 Å². The third kappa shape index (κ3) is 4.69. The monoisotopic (exact) mass is 486 g/mol. The normalized spacial score (nSPS) is 17.4. The number of Topliss-reactive ketones (excluding diaryl/α,β-unsaturated/α-hetero) is 1. The van der Waals surface area contributed by atoms with Crippen molar-refractivity contribution in [3.8, 4) is 11.5 Å². The second-order valence-electron chi connectivity index (χ2n) is 9.72. The van der Waals surface area contributed by atoms with Gasteiger partial charge in [-0.1, -0.05) is 39.0 Å². The molecular weight excluding hydrogens is 456 g/mol. The van der Waals surface area contributed by atoms with Crippen molar-refractivity contribution < 1.29 is 24.2 Å². The maximum absolute atomic E-state index is 13.4. The molecule has 2 aromatic carbocycles. The minimum atomic E-state index is -0.823. The zero-order valence-corrected chi connectivity index (χ0v) is 21.1. The van der Waals surface area contributed by atoms with E-state index in [9.17, 15) is 14.7 Å². The summed E-state index contributed by atoms with van der Waals surface area (Å²) >= 11 is 0. The fraction of sp³-hybridized carbons (Fsp3) is 0.276. The van der Waals surface area contributed by atoms with Gasteiger partial charge >= 0.3 is 0 Å². The molecule has 1 unspecified atom stereocenters. The van der Waals surface area contributed by atoms with E-state index in [1.165, 1.54) is 12.0 Å². The van der Waals surface area contributed by atoms with Crippen LogP contribution in [0.15, 0.2) is 72.6 Å². The highest BCUT2D eigenvalue weighted by Crippen LogP contribution is 2.43. The van der Waals surface area contributed by atoms with Crippen LogP contribution in [0.25, 0.3) is 5.76 Å². The Labute approximate surface area is 211 Å². The number of methoxy groups -OCH3 is 2. The van der Waals surface area contributed by atoms with Gasteiger partial charge in [0.1, 0.15) is 17.3 Å². The molecule has 1 fully saturated rings. The Morgan fingerprint density at radius 1 is 1.00 bits per heavy atom. The SMILES string of the molecule is COc1cccc(C2/C(=C(\O)c3cc(C(C)(C)C)ccc3OC)C(=O)C(=O)N2Cc2ccncc2)c1. The summed E-state index contributed by atoms with van der Waals surface area (Å²) in [6.07, 6.45) is 3.27. The summed E-state index contributed by atoms with van der Waals surface area (Å²) in [5, 5.41) is 11.6. The lowest BCUT2D eigenvalue weighted by atomic mass is 9.85. The van der Waals surface area contributed by atoms with E-state index in [4.69, 9.17) is 9.47 Å². The zero-order chi connectivity index (χ0) is 26.0. The van der Waals surface area contributed by atoms with Gasteiger partial charge in [0.25, 0.3) is 11.7 Å². The van der Waals surface area contributed by atoms with Crippen molar-refractivity contribution >= 4 is 17.4 Å². The molecule has 7 nitrogen and oxygen atoms in total. The second kappa shape index (κ2) is 9.85. The number of ketones is 1. The van der Waals surface area contributed by atoms with Crippen LogP contribution in [0, 0.1) is 0 Å². The molecule has 1 atom stereocenters. The summed E-state index contributed by atoms with van der Waals surface area (Å²) in [5.74, 6) is -0.731. The van der Waals surface area contributed by atoms with E-state index in [2.05, 4.69) is 25.8 Å². The number of benzene rings is 2. The lowest BCUT2D eigenvalue weighted by Crippen LogP contribution is -2.29. The molecule has 7 heteroatoms. The molecule has 0 bridgehead atoms. The first-order valence-electron chi connectivity index (χ1n) is 11.7. The molecule has 3 aromatic rings. The number of ether oxygens (including phenoxy) is 2. The molecule has 1 aromatic heterocycles. The van der Waals surface area contributed by atoms with Gasteiger partial charge in [-0.15, -0.1) is 0 Å². The number of amides is 1. The molecule has 1 aliphatic rings. The maximum Gasteiger partial charge on any atom is 0.295 e. The number of nitrogens with zero attached hydrogens (tertiary/aromatic N) is 2. The molecule has 1 N–H and O–H groups in total. The fourth-order valence-electron chi connectivity index (χ4n) is 4.39. The molecular formula is C29H30N2O5. The van der Waals surface area contributed by atoms with Gasteiger partial charge in [-0.25, -0.2) is 0 Å². The maximum atomic E-state index is 13.4. The Balaban J connectivity index is 1.94. The van der Waals surface area contributed by atoms with Crippen LogP contribution in [0.5, 0.6) is 11.5 Å². The first-order valence-corrected chi connectivity index (χ1v) is 11.7. The van der Waals surface area contributed by atoms with Crippen molar-refractivity contribution in [2.45, 2.75) is 38.8 Å². The molecule has 2 heterocycles. The number of hydrogen-bond acceptors (Lipinski definition) is 6. The highest BCUT2D eigenvalue weighted by Gasteiger charge is 2.46. The zero-order valence-electron chi connectivity index (χ0n) is 21.1. The fourth-order valence-corrected chi connectivity index (χ4v) is 4.39. The Hall–Kier alpha value is -4.13. The highest BCUT2D eigenvalue weighted by atomic mass is 16.5. The van der Waals surface area contributed by atoms with E-state index in [1.54, 1.807) is 55.9 Å². The molecule has 0 radical (unpaired) electrons. The van der Waals surface area contributed by atoms with Crippen LogP contribution in [0.4, 0.5) is 0 Å². The van der Waals surface area contributed by atoms with E-state index < -0.39 is 17.7 Å². The second-order valence-corrected chi connectivity index (χ2v) is 9.72. The van der Waals surface area contributed by atoms with Crippen LogP contribution in [0.1, 0.15) is 49.1 Å². The number of aromatic nitrogens is 1. The first-order chi connectivity index (χ1) is 17.2. The van der Waals surface area contributed by atoms with Crippen LogP contribution in [-0.2, 0) is 21.5 Å². The number of carbonyl (C=O) groups excluding carboxylic acids is 2. The van der Waals surface area contributed by atoms with Gasteiger partial charge in [-0.2, -0.15) is 0 Å². The molecule has 186 valence electrons. The van der Waals surface area contributed by atoms with Crippen LogP contribution >= 0.6 is 0 Å². The van der Waals surface area contributed by atoms with Crippen molar-refractivity contribution in [3.63, 3.8) is 0 Å². The van der Waals surface area contributed by atoms with Crippen molar-refractivity contribution in [1.82, 2.24) is 9.88 Å². The summed E-state index contributed by atoms with van der Waals surface area (Å²) in [6.45, 7) is 6.35. The van der Waals surface area contributed by atoms with Crippen LogP contribution in [-0.4, -0.2) is 40.9 Å². The molecule has 1 saturated heterocycles. The van der Waals surface area contributed by atoms with Gasteiger partial charge in [0.05, 0.1) is 31.4 Å². The number of pyridine rings is 1.